The van der Waals surface area contributed by atoms with Gasteiger partial charge in [0, 0.05) is 36.1 Å². The van der Waals surface area contributed by atoms with Gasteiger partial charge in [-0.15, -0.1) is 0 Å². The highest BCUT2D eigenvalue weighted by atomic mass is 19.4. The lowest BCUT2D eigenvalue weighted by molar-refractivity contribution is -0.140. The third-order valence-electron chi connectivity index (χ3n) is 5.54. The number of rotatable bonds is 8. The number of nitrogens with one attached hydrogen (secondary N) is 2. The summed E-state index contributed by atoms with van der Waals surface area (Å²) in [6.45, 7) is 0.234. The third kappa shape index (κ3) is 6.00. The first-order valence-electron chi connectivity index (χ1n) is 11.0. The van der Waals surface area contributed by atoms with E-state index in [0.717, 1.165) is 6.20 Å². The predicted octanol–water partition coefficient (Wildman–Crippen LogP) is 4.64. The lowest BCUT2D eigenvalue weighted by Gasteiger charge is -2.15. The molecule has 0 saturated carbocycles. The number of ether oxygens (including phenoxy) is 2. The number of hydrogen-bond acceptors (Lipinski definition) is 6. The van der Waals surface area contributed by atoms with Crippen LogP contribution < -0.4 is 20.5 Å². The van der Waals surface area contributed by atoms with Crippen LogP contribution in [0.1, 0.15) is 27.2 Å². The Morgan fingerprint density at radius 2 is 1.81 bits per heavy atom. The number of pyridine rings is 1. The van der Waals surface area contributed by atoms with Gasteiger partial charge in [-0.1, -0.05) is 6.07 Å². The topological polar surface area (TPSA) is 102 Å². The van der Waals surface area contributed by atoms with Gasteiger partial charge < -0.3 is 19.2 Å². The summed E-state index contributed by atoms with van der Waals surface area (Å²) < 4.78 is 58.0. The Kier molecular flexibility index (Phi) is 7.32. The molecule has 37 heavy (non-hydrogen) atoms. The van der Waals surface area contributed by atoms with E-state index >= 15 is 0 Å². The van der Waals surface area contributed by atoms with Gasteiger partial charge >= 0.3 is 6.18 Å². The Labute approximate surface area is 209 Å². The van der Waals surface area contributed by atoms with Crippen molar-refractivity contribution in [1.82, 2.24) is 14.9 Å². The number of hydrogen-bond donors (Lipinski definition) is 2. The molecule has 0 aliphatic heterocycles. The van der Waals surface area contributed by atoms with Gasteiger partial charge in [0.05, 0.1) is 20.8 Å². The van der Waals surface area contributed by atoms with Crippen molar-refractivity contribution in [2.45, 2.75) is 19.3 Å². The van der Waals surface area contributed by atoms with Gasteiger partial charge in [0.1, 0.15) is 17.8 Å². The number of alkyl halides is 3. The van der Waals surface area contributed by atoms with Gasteiger partial charge in [-0.25, -0.2) is 0 Å². The fourth-order valence-electron chi connectivity index (χ4n) is 3.81. The molecule has 0 saturated heterocycles. The number of carbonyl (C=O) groups is 1. The lowest BCUT2D eigenvalue weighted by atomic mass is 9.97. The van der Waals surface area contributed by atoms with Gasteiger partial charge in [-0.3, -0.25) is 19.8 Å². The van der Waals surface area contributed by atoms with Crippen LogP contribution in [0.2, 0.25) is 0 Å². The Morgan fingerprint density at radius 1 is 1.08 bits per heavy atom. The summed E-state index contributed by atoms with van der Waals surface area (Å²) >= 11 is 0. The minimum absolute atomic E-state index is 0.109. The summed E-state index contributed by atoms with van der Waals surface area (Å²) in [5.74, 6) is 0.602. The van der Waals surface area contributed by atoms with Crippen LogP contribution in [0.15, 0.2) is 71.6 Å². The number of oxazole rings is 1. The molecule has 0 fully saturated rings. The average Bonchev–Trinajstić information content (AvgIpc) is 3.30. The predicted molar refractivity (Wildman–Crippen MR) is 127 cm³/mol. The Morgan fingerprint density at radius 3 is 2.43 bits per heavy atom. The number of aromatic nitrogens is 2. The molecule has 2 aromatic heterocycles. The Bertz CT molecular complexity index is 1450. The molecule has 0 aliphatic rings. The van der Waals surface area contributed by atoms with Gasteiger partial charge in [0.25, 0.3) is 11.6 Å². The summed E-state index contributed by atoms with van der Waals surface area (Å²) in [5, 5.41) is 10.6. The summed E-state index contributed by atoms with van der Waals surface area (Å²) in [5.41, 5.74) is 0.172. The zero-order chi connectivity index (χ0) is 26.6. The second-order valence-electron chi connectivity index (χ2n) is 8.06. The minimum Gasteiger partial charge on any atom is -0.497 e. The molecule has 192 valence electrons. The van der Waals surface area contributed by atoms with Crippen LogP contribution in [0.3, 0.4) is 0 Å². The molecule has 2 aromatic carbocycles. The van der Waals surface area contributed by atoms with Crippen molar-refractivity contribution < 1.29 is 31.9 Å². The van der Waals surface area contributed by atoms with E-state index in [1.165, 1.54) is 55.5 Å². The smallest absolute Gasteiger partial charge is 0.433 e. The molecule has 0 spiro atoms. The van der Waals surface area contributed by atoms with E-state index < -0.39 is 17.8 Å². The molecule has 2 heterocycles. The lowest BCUT2D eigenvalue weighted by Crippen LogP contribution is -2.23. The monoisotopic (exact) mass is 512 g/mol. The summed E-state index contributed by atoms with van der Waals surface area (Å²) in [6.07, 6.45) is -0.769. The molecule has 4 aromatic rings. The van der Waals surface area contributed by atoms with Crippen molar-refractivity contribution >= 4 is 5.91 Å². The minimum atomic E-state index is -4.69. The first kappa shape index (κ1) is 25.5. The van der Waals surface area contributed by atoms with Crippen molar-refractivity contribution in [3.05, 3.63) is 95.3 Å². The Hall–Kier alpha value is -4.54. The van der Waals surface area contributed by atoms with Gasteiger partial charge in [0.2, 0.25) is 0 Å². The highest BCUT2D eigenvalue weighted by Crippen LogP contribution is 2.36. The molecule has 0 atom stereocenters. The molecule has 4 rings (SSSR count). The maximum Gasteiger partial charge on any atom is 0.433 e. The normalized spacial score (nSPS) is 11.3. The fourth-order valence-corrected chi connectivity index (χ4v) is 3.81. The average molecular weight is 512 g/mol. The van der Waals surface area contributed by atoms with Crippen molar-refractivity contribution in [2.24, 2.45) is 0 Å². The van der Waals surface area contributed by atoms with Crippen LogP contribution in [-0.4, -0.2) is 29.7 Å². The maximum atomic E-state index is 13.7. The molecule has 8 nitrogen and oxygen atoms in total. The zero-order valence-electron chi connectivity index (χ0n) is 19.9. The first-order chi connectivity index (χ1) is 17.7. The third-order valence-corrected chi connectivity index (χ3v) is 5.54. The molecular weight excluding hydrogens is 489 g/mol. The zero-order valence-corrected chi connectivity index (χ0v) is 19.9. The van der Waals surface area contributed by atoms with E-state index in [0.29, 0.717) is 22.6 Å². The molecule has 0 unspecified atom stereocenters. The van der Waals surface area contributed by atoms with E-state index in [-0.39, 0.29) is 35.5 Å². The van der Waals surface area contributed by atoms with Crippen molar-refractivity contribution in [3.63, 3.8) is 0 Å². The van der Waals surface area contributed by atoms with E-state index in [1.54, 1.807) is 24.3 Å². The second kappa shape index (κ2) is 10.6. The van der Waals surface area contributed by atoms with E-state index in [9.17, 15) is 18.0 Å². The van der Waals surface area contributed by atoms with Crippen LogP contribution in [0.25, 0.3) is 11.1 Å². The largest absolute Gasteiger partial charge is 0.497 e. The number of methoxy groups -OCH3 is 2. The highest BCUT2D eigenvalue weighted by molar-refractivity contribution is 5.95. The van der Waals surface area contributed by atoms with Crippen LogP contribution >= 0.6 is 0 Å². The van der Waals surface area contributed by atoms with Gasteiger partial charge in [-0.05, 0) is 53.1 Å². The van der Waals surface area contributed by atoms with E-state index in [2.05, 4.69) is 10.3 Å². The number of carbonyl (C=O) groups excluding carboxylic acids is 1. The summed E-state index contributed by atoms with van der Waals surface area (Å²) in [7, 11) is 3.02. The second-order valence-corrected chi connectivity index (χ2v) is 8.06. The van der Waals surface area contributed by atoms with Crippen molar-refractivity contribution in [3.8, 4) is 22.6 Å². The number of benzene rings is 2. The highest BCUT2D eigenvalue weighted by Gasteiger charge is 2.35. The number of amides is 1. The molecule has 11 heteroatoms. The first-order valence-corrected chi connectivity index (χ1v) is 11.0. The molecule has 0 aliphatic carbocycles. The maximum absolute atomic E-state index is 13.7. The van der Waals surface area contributed by atoms with E-state index in [4.69, 9.17) is 19.3 Å². The van der Waals surface area contributed by atoms with Crippen LogP contribution in [0.4, 0.5) is 13.2 Å². The molecule has 1 amide bonds. The Balaban J connectivity index is 1.70. The van der Waals surface area contributed by atoms with E-state index in [1.807, 2.05) is 0 Å². The van der Waals surface area contributed by atoms with Crippen molar-refractivity contribution in [2.75, 3.05) is 14.2 Å². The molecular formula is C26H23F3N4O4. The standard InChI is InChI=1S/C26H23F3N4O4/c1-35-20-10-16(11-21(13-20)36-2)14-32-24(34)19-9-17(15-33-6-7-37-25(33)30)8-18(12-19)22-4-3-5-31-23(22)26(27,28)29/h3-13,30H,14-15H2,1-2H3,(H,32,34). The van der Waals surface area contributed by atoms with Crippen LogP contribution in [-0.2, 0) is 19.3 Å². The van der Waals surface area contributed by atoms with Crippen LogP contribution in [0, 0.1) is 5.41 Å². The quantitative estimate of drug-likeness (QED) is 0.358. The fraction of sp³-hybridized carbons (Fsp3) is 0.192. The SMILES string of the molecule is COc1cc(CNC(=O)c2cc(Cn3ccoc3=N)cc(-c3cccnc3C(F)(F)F)c2)cc(OC)c1. The van der Waals surface area contributed by atoms with Crippen molar-refractivity contribution in [1.29, 1.82) is 5.41 Å². The number of nitrogens with zero attached hydrogens (tertiary/aromatic N) is 2. The summed E-state index contributed by atoms with van der Waals surface area (Å²) in [4.78, 5) is 16.7. The molecule has 0 radical (unpaired) electrons. The van der Waals surface area contributed by atoms with Gasteiger partial charge in [0.15, 0.2) is 5.69 Å². The number of halogens is 3. The van der Waals surface area contributed by atoms with Gasteiger partial charge in [-0.2, -0.15) is 13.2 Å². The summed E-state index contributed by atoms with van der Waals surface area (Å²) in [6, 6.07) is 12.4. The molecule has 2 N–H and O–H groups in total. The molecule has 0 bridgehead atoms. The van der Waals surface area contributed by atoms with Crippen LogP contribution in [0.5, 0.6) is 11.5 Å².